The number of rotatable bonds is 7. The summed E-state index contributed by atoms with van der Waals surface area (Å²) in [5.41, 5.74) is 3.79. The van der Waals surface area contributed by atoms with E-state index in [1.165, 1.54) is 17.5 Å². The van der Waals surface area contributed by atoms with Gasteiger partial charge in [-0.25, -0.2) is 4.98 Å². The van der Waals surface area contributed by atoms with Crippen LogP contribution in [0.1, 0.15) is 44.0 Å². The highest BCUT2D eigenvalue weighted by molar-refractivity contribution is 5.51. The molecule has 1 heterocycles. The van der Waals surface area contributed by atoms with Crippen molar-refractivity contribution in [2.75, 3.05) is 24.5 Å². The minimum absolute atomic E-state index is 0.915. The Bertz CT molecular complexity index is 370. The summed E-state index contributed by atoms with van der Waals surface area (Å²) in [5, 5.41) is 3.49. The van der Waals surface area contributed by atoms with Gasteiger partial charge in [0.2, 0.25) is 0 Å². The van der Waals surface area contributed by atoms with E-state index in [0.717, 1.165) is 37.7 Å². The van der Waals surface area contributed by atoms with Crippen molar-refractivity contribution in [3.63, 3.8) is 0 Å². The van der Waals surface area contributed by atoms with Crippen molar-refractivity contribution in [2.45, 2.75) is 47.6 Å². The predicted molar refractivity (Wildman–Crippen MR) is 79.3 cm³/mol. The number of aryl methyl sites for hydroxylation is 2. The highest BCUT2D eigenvalue weighted by Crippen LogP contribution is 2.22. The summed E-state index contributed by atoms with van der Waals surface area (Å²) in [6, 6.07) is 2.18. The van der Waals surface area contributed by atoms with Crippen molar-refractivity contribution >= 4 is 5.82 Å². The van der Waals surface area contributed by atoms with E-state index in [1.807, 2.05) is 0 Å². The van der Waals surface area contributed by atoms with Crippen molar-refractivity contribution in [3.8, 4) is 0 Å². The van der Waals surface area contributed by atoms with E-state index in [4.69, 9.17) is 4.98 Å². The maximum Gasteiger partial charge on any atom is 0.133 e. The molecule has 0 unspecified atom stereocenters. The number of aromatic nitrogens is 1. The van der Waals surface area contributed by atoms with E-state index in [-0.39, 0.29) is 0 Å². The van der Waals surface area contributed by atoms with Crippen molar-refractivity contribution < 1.29 is 0 Å². The van der Waals surface area contributed by atoms with E-state index in [1.54, 1.807) is 0 Å². The molecule has 0 radical (unpaired) electrons. The minimum atomic E-state index is 0.915. The zero-order valence-electron chi connectivity index (χ0n) is 12.5. The number of anilines is 1. The average molecular weight is 249 g/mol. The lowest BCUT2D eigenvalue weighted by Gasteiger charge is -2.24. The van der Waals surface area contributed by atoms with Crippen LogP contribution < -0.4 is 10.2 Å². The van der Waals surface area contributed by atoms with Gasteiger partial charge in [-0.05, 0) is 52.3 Å². The number of hydrogen-bond donors (Lipinski definition) is 1. The van der Waals surface area contributed by atoms with Gasteiger partial charge in [-0.2, -0.15) is 0 Å². The molecule has 0 saturated carbocycles. The van der Waals surface area contributed by atoms with Crippen molar-refractivity contribution in [2.24, 2.45) is 0 Å². The van der Waals surface area contributed by atoms with Gasteiger partial charge in [0.05, 0.1) is 0 Å². The van der Waals surface area contributed by atoms with Gasteiger partial charge in [-0.15, -0.1) is 0 Å². The molecule has 0 atom stereocenters. The molecule has 0 aromatic carbocycles. The number of hydrogen-bond acceptors (Lipinski definition) is 3. The van der Waals surface area contributed by atoms with Crippen molar-refractivity contribution in [1.29, 1.82) is 0 Å². The molecule has 3 nitrogen and oxygen atoms in total. The molecule has 0 aliphatic rings. The molecule has 1 aromatic heterocycles. The number of nitrogens with one attached hydrogen (secondary N) is 1. The largest absolute Gasteiger partial charge is 0.357 e. The van der Waals surface area contributed by atoms with Gasteiger partial charge >= 0.3 is 0 Å². The van der Waals surface area contributed by atoms with Crippen LogP contribution in [0.25, 0.3) is 0 Å². The van der Waals surface area contributed by atoms with Crippen molar-refractivity contribution in [1.82, 2.24) is 10.3 Å². The first-order valence-electron chi connectivity index (χ1n) is 7.06. The van der Waals surface area contributed by atoms with E-state index >= 15 is 0 Å². The fourth-order valence-electron chi connectivity index (χ4n) is 2.24. The zero-order valence-corrected chi connectivity index (χ0v) is 12.5. The predicted octanol–water partition coefficient (Wildman–Crippen LogP) is 3.04. The maximum absolute atomic E-state index is 4.74. The first-order chi connectivity index (χ1) is 8.63. The summed E-state index contributed by atoms with van der Waals surface area (Å²) in [6.07, 6.45) is 1.17. The molecule has 1 rings (SSSR count). The third kappa shape index (κ3) is 3.70. The molecule has 0 aliphatic carbocycles. The van der Waals surface area contributed by atoms with Crippen LogP contribution in [0, 0.1) is 13.8 Å². The van der Waals surface area contributed by atoms with E-state index in [0.29, 0.717) is 0 Å². The van der Waals surface area contributed by atoms with Gasteiger partial charge in [0.15, 0.2) is 0 Å². The SMILES string of the molecule is CCCNCc1c(C)cc(C)nc1N(CC)CC. The Hall–Kier alpha value is -1.09. The number of nitrogens with zero attached hydrogens (tertiary/aromatic N) is 2. The van der Waals surface area contributed by atoms with Crippen LogP contribution in [0.2, 0.25) is 0 Å². The van der Waals surface area contributed by atoms with Gasteiger partial charge in [-0.3, -0.25) is 0 Å². The lowest BCUT2D eigenvalue weighted by molar-refractivity contribution is 0.667. The molecule has 0 aliphatic heterocycles. The molecule has 1 aromatic rings. The molecule has 3 heteroatoms. The molecule has 0 bridgehead atoms. The third-order valence-corrected chi connectivity index (χ3v) is 3.25. The Balaban J connectivity index is 3.03. The van der Waals surface area contributed by atoms with Crippen LogP contribution in [-0.4, -0.2) is 24.6 Å². The second-order valence-electron chi connectivity index (χ2n) is 4.73. The molecule has 0 saturated heterocycles. The van der Waals surface area contributed by atoms with Crippen LogP contribution in [0.15, 0.2) is 6.07 Å². The summed E-state index contributed by atoms with van der Waals surface area (Å²) in [6.45, 7) is 14.8. The van der Waals surface area contributed by atoms with Crippen LogP contribution in [0.5, 0.6) is 0 Å². The van der Waals surface area contributed by atoms with Crippen LogP contribution in [0.4, 0.5) is 5.82 Å². The average Bonchev–Trinajstić information content (AvgIpc) is 2.34. The first kappa shape index (κ1) is 15.0. The van der Waals surface area contributed by atoms with E-state index in [2.05, 4.69) is 50.9 Å². The van der Waals surface area contributed by atoms with Gasteiger partial charge in [0, 0.05) is 30.9 Å². The Morgan fingerprint density at radius 1 is 1.17 bits per heavy atom. The third-order valence-electron chi connectivity index (χ3n) is 3.25. The highest BCUT2D eigenvalue weighted by Gasteiger charge is 2.13. The molecule has 18 heavy (non-hydrogen) atoms. The van der Waals surface area contributed by atoms with Gasteiger partial charge < -0.3 is 10.2 Å². The van der Waals surface area contributed by atoms with Crippen LogP contribution in [0.3, 0.4) is 0 Å². The quantitative estimate of drug-likeness (QED) is 0.753. The van der Waals surface area contributed by atoms with E-state index in [9.17, 15) is 0 Å². The second-order valence-corrected chi connectivity index (χ2v) is 4.73. The molecular formula is C15H27N3. The standard InChI is InChI=1S/C15H27N3/c1-6-9-16-11-14-12(4)10-13(5)17-15(14)18(7-2)8-3/h10,16H,6-9,11H2,1-5H3. The van der Waals surface area contributed by atoms with Gasteiger partial charge in [0.1, 0.15) is 5.82 Å². The topological polar surface area (TPSA) is 28.2 Å². The Morgan fingerprint density at radius 3 is 2.39 bits per heavy atom. The molecule has 0 spiro atoms. The molecule has 1 N–H and O–H groups in total. The summed E-state index contributed by atoms with van der Waals surface area (Å²) in [5.74, 6) is 1.15. The Kier molecular flexibility index (Phi) is 6.13. The highest BCUT2D eigenvalue weighted by atomic mass is 15.2. The fraction of sp³-hybridized carbons (Fsp3) is 0.667. The molecule has 0 fully saturated rings. The Morgan fingerprint density at radius 2 is 1.83 bits per heavy atom. The lowest BCUT2D eigenvalue weighted by Crippen LogP contribution is -2.27. The normalized spacial score (nSPS) is 10.7. The maximum atomic E-state index is 4.74. The van der Waals surface area contributed by atoms with E-state index < -0.39 is 0 Å². The second kappa shape index (κ2) is 7.37. The fourth-order valence-corrected chi connectivity index (χ4v) is 2.24. The molecule has 0 amide bonds. The van der Waals surface area contributed by atoms with Gasteiger partial charge in [-0.1, -0.05) is 6.92 Å². The summed E-state index contributed by atoms with van der Waals surface area (Å²) in [4.78, 5) is 7.08. The summed E-state index contributed by atoms with van der Waals surface area (Å²) < 4.78 is 0. The van der Waals surface area contributed by atoms with Crippen molar-refractivity contribution in [3.05, 3.63) is 22.9 Å². The molecular weight excluding hydrogens is 222 g/mol. The number of pyridine rings is 1. The minimum Gasteiger partial charge on any atom is -0.357 e. The van der Waals surface area contributed by atoms with Crippen LogP contribution >= 0.6 is 0 Å². The van der Waals surface area contributed by atoms with Crippen LogP contribution in [-0.2, 0) is 6.54 Å². The smallest absolute Gasteiger partial charge is 0.133 e. The Labute approximate surface area is 112 Å². The lowest BCUT2D eigenvalue weighted by atomic mass is 10.1. The summed E-state index contributed by atoms with van der Waals surface area (Å²) >= 11 is 0. The summed E-state index contributed by atoms with van der Waals surface area (Å²) in [7, 11) is 0. The van der Waals surface area contributed by atoms with Gasteiger partial charge in [0.25, 0.3) is 0 Å². The first-order valence-corrected chi connectivity index (χ1v) is 7.06. The monoisotopic (exact) mass is 249 g/mol. The zero-order chi connectivity index (χ0) is 13.5. The molecule has 102 valence electrons.